The van der Waals surface area contributed by atoms with Crippen LogP contribution in [0.1, 0.15) is 39.5 Å². The third kappa shape index (κ3) is 3.49. The van der Waals surface area contributed by atoms with Gasteiger partial charge in [0.2, 0.25) is 5.91 Å². The lowest BCUT2D eigenvalue weighted by atomic mass is 10.0. The maximum Gasteiger partial charge on any atom is 0.416 e. The second-order valence-electron chi connectivity index (χ2n) is 6.09. The highest BCUT2D eigenvalue weighted by atomic mass is 19.4. The fraction of sp³-hybridized carbons (Fsp3) is 0.222. The molecule has 1 amide bonds. The summed E-state index contributed by atoms with van der Waals surface area (Å²) in [5.41, 5.74) is 0.239. The Morgan fingerprint density at radius 3 is 2.58 bits per heavy atom. The van der Waals surface area contributed by atoms with Crippen molar-refractivity contribution in [2.45, 2.75) is 25.6 Å². The number of hydrogen-bond acceptors (Lipinski definition) is 3. The fourth-order valence-corrected chi connectivity index (χ4v) is 2.95. The van der Waals surface area contributed by atoms with Crippen molar-refractivity contribution in [3.63, 3.8) is 0 Å². The molecule has 0 radical (unpaired) electrons. The van der Waals surface area contributed by atoms with Crippen molar-refractivity contribution in [2.75, 3.05) is 10.6 Å². The SMILES string of the molecule is Cc1cc2c(cc1C(F)(F)F)NC(=O)CC(c1cccc(C(=O)O)c1)N2. The lowest BCUT2D eigenvalue weighted by Gasteiger charge is -2.19. The maximum absolute atomic E-state index is 13.1. The van der Waals surface area contributed by atoms with E-state index in [2.05, 4.69) is 10.6 Å². The van der Waals surface area contributed by atoms with Gasteiger partial charge in [-0.05, 0) is 42.3 Å². The summed E-state index contributed by atoms with van der Waals surface area (Å²) in [6.45, 7) is 1.34. The number of nitrogens with one attached hydrogen (secondary N) is 2. The van der Waals surface area contributed by atoms with Crippen molar-refractivity contribution in [1.29, 1.82) is 0 Å². The van der Waals surface area contributed by atoms with Gasteiger partial charge in [0.25, 0.3) is 0 Å². The standard InChI is InChI=1S/C18H15F3N2O3/c1-9-5-14-15(7-12(9)18(19,20)21)23-16(24)8-13(22-14)10-3-2-4-11(6-10)17(25)26/h2-7,13,22H,8H2,1H3,(H,23,24)(H,25,26). The molecule has 0 saturated heterocycles. The average molecular weight is 364 g/mol. The van der Waals surface area contributed by atoms with Crippen LogP contribution in [0.25, 0.3) is 0 Å². The van der Waals surface area contributed by atoms with Crippen LogP contribution in [0.3, 0.4) is 0 Å². The van der Waals surface area contributed by atoms with Crippen LogP contribution in [0.4, 0.5) is 24.5 Å². The molecule has 1 unspecified atom stereocenters. The van der Waals surface area contributed by atoms with Gasteiger partial charge >= 0.3 is 12.1 Å². The third-order valence-corrected chi connectivity index (χ3v) is 4.20. The van der Waals surface area contributed by atoms with E-state index in [1.807, 2.05) is 0 Å². The van der Waals surface area contributed by atoms with Crippen LogP contribution >= 0.6 is 0 Å². The van der Waals surface area contributed by atoms with Crippen LogP contribution in [0.15, 0.2) is 36.4 Å². The van der Waals surface area contributed by atoms with Crippen molar-refractivity contribution in [3.05, 3.63) is 58.7 Å². The molecule has 3 rings (SSSR count). The Morgan fingerprint density at radius 2 is 1.92 bits per heavy atom. The molecule has 1 atom stereocenters. The zero-order chi connectivity index (χ0) is 19.1. The molecular weight excluding hydrogens is 349 g/mol. The predicted octanol–water partition coefficient (Wildman–Crippen LogP) is 4.21. The van der Waals surface area contributed by atoms with Crippen LogP contribution in [-0.2, 0) is 11.0 Å². The number of benzene rings is 2. The summed E-state index contributed by atoms with van der Waals surface area (Å²) < 4.78 is 39.3. The number of carbonyl (C=O) groups is 2. The highest BCUT2D eigenvalue weighted by molar-refractivity contribution is 5.97. The van der Waals surface area contributed by atoms with E-state index in [1.54, 1.807) is 12.1 Å². The second-order valence-corrected chi connectivity index (χ2v) is 6.09. The van der Waals surface area contributed by atoms with Gasteiger partial charge in [-0.15, -0.1) is 0 Å². The first-order chi connectivity index (χ1) is 12.1. The minimum Gasteiger partial charge on any atom is -0.478 e. The number of carboxylic acid groups (broad SMARTS) is 1. The summed E-state index contributed by atoms with van der Waals surface area (Å²) in [4.78, 5) is 23.3. The van der Waals surface area contributed by atoms with Crippen molar-refractivity contribution in [1.82, 2.24) is 0 Å². The summed E-state index contributed by atoms with van der Waals surface area (Å²) in [5.74, 6) is -1.56. The molecule has 8 heteroatoms. The van der Waals surface area contributed by atoms with E-state index in [1.165, 1.54) is 25.1 Å². The number of aryl methyl sites for hydroxylation is 1. The van der Waals surface area contributed by atoms with E-state index in [4.69, 9.17) is 5.11 Å². The van der Waals surface area contributed by atoms with Gasteiger partial charge in [0.1, 0.15) is 0 Å². The largest absolute Gasteiger partial charge is 0.478 e. The number of rotatable bonds is 2. The monoisotopic (exact) mass is 364 g/mol. The molecule has 0 aromatic heterocycles. The highest BCUT2D eigenvalue weighted by Crippen LogP contribution is 2.39. The zero-order valence-corrected chi connectivity index (χ0v) is 13.6. The molecule has 0 spiro atoms. The summed E-state index contributed by atoms with van der Waals surface area (Å²) in [6.07, 6.45) is -4.57. The van der Waals surface area contributed by atoms with E-state index in [0.717, 1.165) is 6.07 Å². The van der Waals surface area contributed by atoms with Gasteiger partial charge in [-0.1, -0.05) is 12.1 Å². The molecular formula is C18H15F3N2O3. The van der Waals surface area contributed by atoms with E-state index in [0.29, 0.717) is 11.3 Å². The number of carboxylic acids is 1. The molecule has 0 fully saturated rings. The Bertz CT molecular complexity index is 894. The van der Waals surface area contributed by atoms with Crippen LogP contribution < -0.4 is 10.6 Å². The number of aromatic carboxylic acids is 1. The molecule has 1 heterocycles. The lowest BCUT2D eigenvalue weighted by Crippen LogP contribution is -2.16. The van der Waals surface area contributed by atoms with Gasteiger partial charge < -0.3 is 15.7 Å². The molecule has 5 nitrogen and oxygen atoms in total. The second kappa shape index (κ2) is 6.36. The molecule has 2 aromatic rings. The van der Waals surface area contributed by atoms with Crippen LogP contribution in [0.2, 0.25) is 0 Å². The number of hydrogen-bond donors (Lipinski definition) is 3. The number of halogens is 3. The Kier molecular flexibility index (Phi) is 4.35. The number of carbonyl (C=O) groups excluding carboxylic acids is 1. The molecule has 2 aromatic carbocycles. The normalized spacial score (nSPS) is 16.9. The lowest BCUT2D eigenvalue weighted by molar-refractivity contribution is -0.138. The molecule has 1 aliphatic rings. The molecule has 0 aliphatic carbocycles. The zero-order valence-electron chi connectivity index (χ0n) is 13.6. The first-order valence-corrected chi connectivity index (χ1v) is 7.76. The Morgan fingerprint density at radius 1 is 1.19 bits per heavy atom. The van der Waals surface area contributed by atoms with Gasteiger partial charge in [-0.3, -0.25) is 4.79 Å². The Labute approximate surface area is 146 Å². The van der Waals surface area contributed by atoms with Crippen molar-refractivity contribution in [2.24, 2.45) is 0 Å². The van der Waals surface area contributed by atoms with E-state index >= 15 is 0 Å². The minimum atomic E-state index is -4.52. The maximum atomic E-state index is 13.1. The Balaban J connectivity index is 2.02. The molecule has 1 aliphatic heterocycles. The van der Waals surface area contributed by atoms with Gasteiger partial charge in [-0.2, -0.15) is 13.2 Å². The van der Waals surface area contributed by atoms with Crippen molar-refractivity contribution < 1.29 is 27.9 Å². The van der Waals surface area contributed by atoms with Gasteiger partial charge in [0, 0.05) is 0 Å². The number of fused-ring (bicyclic) bond motifs is 1. The van der Waals surface area contributed by atoms with E-state index < -0.39 is 29.7 Å². The van der Waals surface area contributed by atoms with Gasteiger partial charge in [-0.25, -0.2) is 4.79 Å². The quantitative estimate of drug-likeness (QED) is 0.746. The minimum absolute atomic E-state index is 0.0259. The molecule has 0 bridgehead atoms. The van der Waals surface area contributed by atoms with Gasteiger partial charge in [0.15, 0.2) is 0 Å². The summed E-state index contributed by atoms with van der Waals surface area (Å²) >= 11 is 0. The number of anilines is 2. The summed E-state index contributed by atoms with van der Waals surface area (Å²) in [7, 11) is 0. The first kappa shape index (κ1) is 17.8. The molecule has 0 saturated carbocycles. The van der Waals surface area contributed by atoms with Crippen LogP contribution in [0.5, 0.6) is 0 Å². The van der Waals surface area contributed by atoms with E-state index in [9.17, 15) is 22.8 Å². The van der Waals surface area contributed by atoms with Crippen LogP contribution in [-0.4, -0.2) is 17.0 Å². The van der Waals surface area contributed by atoms with Gasteiger partial charge in [0.05, 0.1) is 35.0 Å². The highest BCUT2D eigenvalue weighted by Gasteiger charge is 2.34. The molecule has 26 heavy (non-hydrogen) atoms. The average Bonchev–Trinajstić information content (AvgIpc) is 2.71. The number of alkyl halides is 3. The smallest absolute Gasteiger partial charge is 0.416 e. The topological polar surface area (TPSA) is 78.4 Å². The fourth-order valence-electron chi connectivity index (χ4n) is 2.95. The number of amides is 1. The van der Waals surface area contributed by atoms with E-state index in [-0.39, 0.29) is 23.2 Å². The third-order valence-electron chi connectivity index (χ3n) is 4.20. The predicted molar refractivity (Wildman–Crippen MR) is 89.2 cm³/mol. The molecule has 136 valence electrons. The molecule has 3 N–H and O–H groups in total. The van der Waals surface area contributed by atoms with Crippen molar-refractivity contribution in [3.8, 4) is 0 Å². The van der Waals surface area contributed by atoms with Crippen molar-refractivity contribution >= 4 is 23.3 Å². The first-order valence-electron chi connectivity index (χ1n) is 7.76. The summed E-state index contributed by atoms with van der Waals surface area (Å²) in [5, 5.41) is 14.6. The Hall–Kier alpha value is -3.03. The summed E-state index contributed by atoms with van der Waals surface area (Å²) in [6, 6.07) is 7.77. The van der Waals surface area contributed by atoms with Crippen LogP contribution in [0, 0.1) is 6.92 Å².